The zero-order valence-electron chi connectivity index (χ0n) is 16.1. The Bertz CT molecular complexity index is 977. The van der Waals surface area contributed by atoms with Crippen molar-refractivity contribution in [2.45, 2.75) is 6.92 Å². The molecule has 0 bridgehead atoms. The summed E-state index contributed by atoms with van der Waals surface area (Å²) in [5.74, 6) is 0.199. The third-order valence-corrected chi connectivity index (χ3v) is 3.82. The lowest BCUT2D eigenvalue weighted by Gasteiger charge is -2.09. The molecule has 0 saturated carbocycles. The molecular weight excluding hydrogens is 378 g/mol. The summed E-state index contributed by atoms with van der Waals surface area (Å²) in [6.45, 7) is 2.38. The van der Waals surface area contributed by atoms with Gasteiger partial charge in [-0.05, 0) is 37.3 Å². The molecule has 2 aromatic rings. The van der Waals surface area contributed by atoms with Crippen LogP contribution in [-0.2, 0) is 4.79 Å². The number of nitrogens with zero attached hydrogens (tertiary/aromatic N) is 2. The van der Waals surface area contributed by atoms with Gasteiger partial charge < -0.3 is 19.5 Å². The molecule has 2 rings (SSSR count). The number of hydrogen-bond donors (Lipinski definition) is 1. The van der Waals surface area contributed by atoms with Gasteiger partial charge >= 0.3 is 5.69 Å². The van der Waals surface area contributed by atoms with Crippen molar-refractivity contribution >= 4 is 23.4 Å². The smallest absolute Gasteiger partial charge is 0.311 e. The van der Waals surface area contributed by atoms with Gasteiger partial charge in [0.15, 0.2) is 0 Å². The second kappa shape index (κ2) is 9.75. The van der Waals surface area contributed by atoms with Gasteiger partial charge in [-0.3, -0.25) is 14.9 Å². The zero-order chi connectivity index (χ0) is 21.4. The van der Waals surface area contributed by atoms with E-state index in [1.807, 2.05) is 6.92 Å². The normalized spacial score (nSPS) is 10.6. The minimum atomic E-state index is -0.669. The Hall–Kier alpha value is -4.06. The van der Waals surface area contributed by atoms with Crippen LogP contribution in [0.5, 0.6) is 17.2 Å². The predicted molar refractivity (Wildman–Crippen MR) is 106 cm³/mol. The van der Waals surface area contributed by atoms with Gasteiger partial charge in [-0.1, -0.05) is 0 Å². The van der Waals surface area contributed by atoms with E-state index >= 15 is 0 Å². The number of benzene rings is 2. The molecule has 0 atom stereocenters. The van der Waals surface area contributed by atoms with Crippen LogP contribution in [0.1, 0.15) is 12.5 Å². The average Bonchev–Trinajstić information content (AvgIpc) is 2.72. The zero-order valence-corrected chi connectivity index (χ0v) is 16.1. The molecule has 0 aliphatic carbocycles. The van der Waals surface area contributed by atoms with Gasteiger partial charge in [0.2, 0.25) is 5.75 Å². The van der Waals surface area contributed by atoms with E-state index in [4.69, 9.17) is 14.2 Å². The number of carbonyl (C=O) groups is 1. The highest BCUT2D eigenvalue weighted by Crippen LogP contribution is 2.35. The first-order chi connectivity index (χ1) is 13.9. The van der Waals surface area contributed by atoms with E-state index < -0.39 is 10.8 Å². The molecule has 29 heavy (non-hydrogen) atoms. The number of methoxy groups -OCH3 is 2. The molecule has 0 aliphatic rings. The fraction of sp³-hybridized carbons (Fsp3) is 0.200. The summed E-state index contributed by atoms with van der Waals surface area (Å²) in [7, 11) is 2.66. The van der Waals surface area contributed by atoms with Crippen LogP contribution in [0.4, 0.5) is 11.4 Å². The fourth-order valence-electron chi connectivity index (χ4n) is 2.47. The van der Waals surface area contributed by atoms with Gasteiger partial charge in [0.1, 0.15) is 23.1 Å². The summed E-state index contributed by atoms with van der Waals surface area (Å²) in [6, 6.07) is 10.9. The molecule has 0 fully saturated rings. The van der Waals surface area contributed by atoms with Crippen molar-refractivity contribution in [1.29, 1.82) is 5.26 Å². The lowest BCUT2D eigenvalue weighted by molar-refractivity contribution is -0.385. The molecule has 1 N–H and O–H groups in total. The Labute approximate surface area is 167 Å². The van der Waals surface area contributed by atoms with E-state index in [2.05, 4.69) is 5.32 Å². The van der Waals surface area contributed by atoms with Crippen LogP contribution in [-0.4, -0.2) is 31.7 Å². The molecule has 0 unspecified atom stereocenters. The molecule has 9 nitrogen and oxygen atoms in total. The second-order valence-corrected chi connectivity index (χ2v) is 5.60. The SMILES string of the molecule is CCOc1ccc(NC(=O)/C(C#N)=C\c2cc([N+](=O)[O-])c(OC)cc2OC)cc1. The Morgan fingerprint density at radius 3 is 2.38 bits per heavy atom. The number of nitro groups is 1. The second-order valence-electron chi connectivity index (χ2n) is 5.60. The van der Waals surface area contributed by atoms with Crippen molar-refractivity contribution in [1.82, 2.24) is 0 Å². The summed E-state index contributed by atoms with van der Waals surface area (Å²) in [4.78, 5) is 23.1. The molecule has 0 spiro atoms. The number of amides is 1. The summed E-state index contributed by atoms with van der Waals surface area (Å²) in [6.07, 6.45) is 1.22. The van der Waals surface area contributed by atoms with Crippen LogP contribution in [0.15, 0.2) is 42.0 Å². The van der Waals surface area contributed by atoms with E-state index in [0.29, 0.717) is 18.0 Å². The minimum Gasteiger partial charge on any atom is -0.496 e. The van der Waals surface area contributed by atoms with Gasteiger partial charge in [0.05, 0.1) is 25.7 Å². The van der Waals surface area contributed by atoms with Crippen molar-refractivity contribution in [2.24, 2.45) is 0 Å². The van der Waals surface area contributed by atoms with Crippen LogP contribution >= 0.6 is 0 Å². The van der Waals surface area contributed by atoms with E-state index in [-0.39, 0.29) is 28.3 Å². The van der Waals surface area contributed by atoms with Crippen molar-refractivity contribution in [3.63, 3.8) is 0 Å². The van der Waals surface area contributed by atoms with Gasteiger partial charge in [0, 0.05) is 23.4 Å². The molecule has 0 aromatic heterocycles. The summed E-state index contributed by atoms with van der Waals surface area (Å²) < 4.78 is 15.5. The average molecular weight is 397 g/mol. The van der Waals surface area contributed by atoms with Gasteiger partial charge in [-0.25, -0.2) is 0 Å². The van der Waals surface area contributed by atoms with E-state index in [9.17, 15) is 20.2 Å². The van der Waals surface area contributed by atoms with Gasteiger partial charge in [-0.2, -0.15) is 5.26 Å². The number of hydrogen-bond acceptors (Lipinski definition) is 7. The third-order valence-electron chi connectivity index (χ3n) is 3.82. The maximum Gasteiger partial charge on any atom is 0.311 e. The van der Waals surface area contributed by atoms with Gasteiger partial charge in [0.25, 0.3) is 5.91 Å². The predicted octanol–water partition coefficient (Wildman–Crippen LogP) is 3.56. The fourth-order valence-corrected chi connectivity index (χ4v) is 2.47. The molecule has 0 saturated heterocycles. The third kappa shape index (κ3) is 5.23. The first-order valence-electron chi connectivity index (χ1n) is 8.49. The number of nitro benzene ring substituents is 1. The standard InChI is InChI=1S/C20H19N3O6/c1-4-29-16-7-5-15(6-8-16)22-20(24)14(12-21)9-13-10-17(23(25)26)19(28-3)11-18(13)27-2/h5-11H,4H2,1-3H3,(H,22,24)/b14-9-. The summed E-state index contributed by atoms with van der Waals surface area (Å²) in [5, 5.41) is 23.2. The van der Waals surface area contributed by atoms with Crippen LogP contribution in [0.3, 0.4) is 0 Å². The van der Waals surface area contributed by atoms with Crippen molar-refractivity contribution < 1.29 is 23.9 Å². The van der Waals surface area contributed by atoms with Crippen molar-refractivity contribution in [3.05, 3.63) is 57.6 Å². The number of nitriles is 1. The lowest BCUT2D eigenvalue weighted by Crippen LogP contribution is -2.13. The Kier molecular flexibility index (Phi) is 7.14. The van der Waals surface area contributed by atoms with Crippen LogP contribution in [0.2, 0.25) is 0 Å². The molecule has 2 aromatic carbocycles. The van der Waals surface area contributed by atoms with Crippen LogP contribution in [0.25, 0.3) is 6.08 Å². The molecule has 9 heteroatoms. The number of ether oxygens (including phenoxy) is 3. The van der Waals surface area contributed by atoms with Gasteiger partial charge in [-0.15, -0.1) is 0 Å². The molecule has 0 aliphatic heterocycles. The highest BCUT2D eigenvalue weighted by molar-refractivity contribution is 6.09. The Morgan fingerprint density at radius 1 is 1.21 bits per heavy atom. The number of rotatable bonds is 8. The van der Waals surface area contributed by atoms with Crippen LogP contribution in [0, 0.1) is 21.4 Å². The highest BCUT2D eigenvalue weighted by atomic mass is 16.6. The first kappa shape index (κ1) is 21.2. The lowest BCUT2D eigenvalue weighted by atomic mass is 10.1. The maximum atomic E-state index is 12.5. The first-order valence-corrected chi connectivity index (χ1v) is 8.49. The topological polar surface area (TPSA) is 124 Å². The number of nitrogens with one attached hydrogen (secondary N) is 1. The largest absolute Gasteiger partial charge is 0.496 e. The number of carbonyl (C=O) groups excluding carboxylic acids is 1. The highest BCUT2D eigenvalue weighted by Gasteiger charge is 2.20. The molecule has 150 valence electrons. The minimum absolute atomic E-state index is 0.00125. The monoisotopic (exact) mass is 397 g/mol. The molecule has 0 radical (unpaired) electrons. The summed E-state index contributed by atoms with van der Waals surface area (Å²) >= 11 is 0. The van der Waals surface area contributed by atoms with Crippen molar-refractivity contribution in [3.8, 4) is 23.3 Å². The number of anilines is 1. The van der Waals surface area contributed by atoms with Crippen LogP contribution < -0.4 is 19.5 Å². The van der Waals surface area contributed by atoms with E-state index in [1.165, 1.54) is 32.4 Å². The Morgan fingerprint density at radius 2 is 1.86 bits per heavy atom. The van der Waals surface area contributed by atoms with Crippen molar-refractivity contribution in [2.75, 3.05) is 26.1 Å². The summed E-state index contributed by atoms with van der Waals surface area (Å²) in [5.41, 5.74) is 0.0890. The molecule has 0 heterocycles. The quantitative estimate of drug-likeness (QED) is 0.312. The molecular formula is C20H19N3O6. The maximum absolute atomic E-state index is 12.5. The van der Waals surface area contributed by atoms with E-state index in [0.717, 1.165) is 0 Å². The van der Waals surface area contributed by atoms with E-state index in [1.54, 1.807) is 30.3 Å². The Balaban J connectivity index is 2.35. The molecule has 1 amide bonds.